The molecule has 1 atom stereocenters. The number of nitrogens with one attached hydrogen (secondary N) is 1. The Morgan fingerprint density at radius 3 is 2.47 bits per heavy atom. The molecule has 0 aliphatic rings. The van der Waals surface area contributed by atoms with Crippen LogP contribution in [0.25, 0.3) is 0 Å². The molecule has 0 aromatic heterocycles. The van der Waals surface area contributed by atoms with Crippen LogP contribution >= 0.6 is 23.2 Å². The zero-order valence-electron chi connectivity index (χ0n) is 10.3. The van der Waals surface area contributed by atoms with Crippen LogP contribution in [0.3, 0.4) is 0 Å². The summed E-state index contributed by atoms with van der Waals surface area (Å²) in [4.78, 5) is -0.410. The molecule has 1 unspecified atom stereocenters. The van der Waals surface area contributed by atoms with Crippen molar-refractivity contribution in [2.24, 2.45) is 5.92 Å². The number of halogens is 3. The van der Waals surface area contributed by atoms with Gasteiger partial charge in [-0.1, -0.05) is 37.0 Å². The smallest absolute Gasteiger partial charge is 0.242 e. The van der Waals surface area contributed by atoms with E-state index in [4.69, 9.17) is 23.2 Å². The average molecular weight is 330 g/mol. The van der Waals surface area contributed by atoms with Crippen LogP contribution in [0.15, 0.2) is 17.0 Å². The Morgan fingerprint density at radius 2 is 1.95 bits per heavy atom. The van der Waals surface area contributed by atoms with Gasteiger partial charge in [-0.3, -0.25) is 0 Å². The van der Waals surface area contributed by atoms with Gasteiger partial charge in [0.05, 0.1) is 16.1 Å². The van der Waals surface area contributed by atoms with Gasteiger partial charge >= 0.3 is 0 Å². The van der Waals surface area contributed by atoms with E-state index in [1.165, 1.54) is 0 Å². The summed E-state index contributed by atoms with van der Waals surface area (Å²) < 4.78 is 39.5. The van der Waals surface area contributed by atoms with Gasteiger partial charge in [0.15, 0.2) is 5.82 Å². The normalized spacial score (nSPS) is 13.8. The Kier molecular flexibility index (Phi) is 5.58. The minimum Gasteiger partial charge on any atom is -0.391 e. The molecule has 0 heterocycles. The highest BCUT2D eigenvalue weighted by atomic mass is 35.5. The molecule has 4 nitrogen and oxygen atoms in total. The van der Waals surface area contributed by atoms with Crippen molar-refractivity contribution < 1.29 is 17.9 Å². The number of sulfonamides is 1. The van der Waals surface area contributed by atoms with E-state index in [-0.39, 0.29) is 17.5 Å². The molecule has 19 heavy (non-hydrogen) atoms. The van der Waals surface area contributed by atoms with Crippen LogP contribution in [0, 0.1) is 11.7 Å². The van der Waals surface area contributed by atoms with Crippen LogP contribution in [0.4, 0.5) is 4.39 Å². The fourth-order valence-corrected chi connectivity index (χ4v) is 3.02. The van der Waals surface area contributed by atoms with Crippen molar-refractivity contribution in [3.8, 4) is 0 Å². The van der Waals surface area contributed by atoms with Crippen LogP contribution < -0.4 is 4.72 Å². The fraction of sp³-hybridized carbons (Fsp3) is 0.455. The monoisotopic (exact) mass is 329 g/mol. The number of hydrogen-bond donors (Lipinski definition) is 2. The molecule has 108 valence electrons. The summed E-state index contributed by atoms with van der Waals surface area (Å²) in [6.07, 6.45) is -0.842. The van der Waals surface area contributed by atoms with E-state index >= 15 is 0 Å². The molecule has 0 amide bonds. The predicted molar refractivity (Wildman–Crippen MR) is 72.5 cm³/mol. The van der Waals surface area contributed by atoms with E-state index in [9.17, 15) is 17.9 Å². The van der Waals surface area contributed by atoms with E-state index in [0.717, 1.165) is 12.1 Å². The molecule has 0 aliphatic heterocycles. The Balaban J connectivity index is 2.99. The summed E-state index contributed by atoms with van der Waals surface area (Å²) >= 11 is 11.1. The summed E-state index contributed by atoms with van der Waals surface area (Å²) in [5.74, 6) is -1.10. The minimum absolute atomic E-state index is 0.111. The van der Waals surface area contributed by atoms with Crippen molar-refractivity contribution in [3.05, 3.63) is 28.0 Å². The van der Waals surface area contributed by atoms with Crippen LogP contribution in [-0.2, 0) is 10.0 Å². The van der Waals surface area contributed by atoms with Crippen LogP contribution in [0.1, 0.15) is 13.8 Å². The lowest BCUT2D eigenvalue weighted by Gasteiger charge is -2.15. The van der Waals surface area contributed by atoms with E-state index < -0.39 is 31.9 Å². The molecule has 1 rings (SSSR count). The second-order valence-electron chi connectivity index (χ2n) is 4.34. The van der Waals surface area contributed by atoms with Crippen LogP contribution in [-0.4, -0.2) is 26.2 Å². The SMILES string of the molecule is CC(C)C(O)CNS(=O)(=O)c1ccc(Cl)c(F)c1Cl. The van der Waals surface area contributed by atoms with Crippen molar-refractivity contribution in [2.45, 2.75) is 24.8 Å². The first-order chi connectivity index (χ1) is 8.66. The second kappa shape index (κ2) is 6.37. The van der Waals surface area contributed by atoms with Gasteiger partial charge in [-0.15, -0.1) is 0 Å². The molecule has 0 fully saturated rings. The first-order valence-corrected chi connectivity index (χ1v) is 7.72. The topological polar surface area (TPSA) is 66.4 Å². The molecule has 0 spiro atoms. The molecular formula is C11H14Cl2FNO3S. The fourth-order valence-electron chi connectivity index (χ4n) is 1.22. The molecule has 0 saturated carbocycles. The van der Waals surface area contributed by atoms with Gasteiger partial charge < -0.3 is 5.11 Å². The lowest BCUT2D eigenvalue weighted by Crippen LogP contribution is -2.34. The average Bonchev–Trinajstić information content (AvgIpc) is 2.32. The quantitative estimate of drug-likeness (QED) is 0.815. The van der Waals surface area contributed by atoms with Crippen molar-refractivity contribution in [2.75, 3.05) is 6.54 Å². The number of aliphatic hydroxyl groups is 1. The number of rotatable bonds is 5. The third kappa shape index (κ3) is 4.03. The van der Waals surface area contributed by atoms with Crippen LogP contribution in [0.5, 0.6) is 0 Å². The van der Waals surface area contributed by atoms with Gasteiger partial charge in [0.1, 0.15) is 4.90 Å². The van der Waals surface area contributed by atoms with Crippen LogP contribution in [0.2, 0.25) is 10.0 Å². The van der Waals surface area contributed by atoms with Crippen molar-refractivity contribution >= 4 is 33.2 Å². The zero-order chi connectivity index (χ0) is 14.8. The highest BCUT2D eigenvalue weighted by molar-refractivity contribution is 7.89. The van der Waals surface area contributed by atoms with Crippen molar-refractivity contribution in [3.63, 3.8) is 0 Å². The molecule has 2 N–H and O–H groups in total. The maximum Gasteiger partial charge on any atom is 0.242 e. The number of aliphatic hydroxyl groups excluding tert-OH is 1. The molecule has 0 bridgehead atoms. The summed E-state index contributed by atoms with van der Waals surface area (Å²) in [6, 6.07) is 2.22. The van der Waals surface area contributed by atoms with Gasteiger partial charge in [0, 0.05) is 6.54 Å². The molecule has 0 saturated heterocycles. The molecule has 8 heteroatoms. The molecular weight excluding hydrogens is 316 g/mol. The molecule has 1 aromatic rings. The maximum absolute atomic E-state index is 13.4. The third-order valence-corrected chi connectivity index (χ3v) is 4.78. The Bertz CT molecular complexity index is 563. The molecule has 0 aliphatic carbocycles. The highest BCUT2D eigenvalue weighted by Gasteiger charge is 2.23. The lowest BCUT2D eigenvalue weighted by atomic mass is 10.1. The van der Waals surface area contributed by atoms with Gasteiger partial charge in [-0.05, 0) is 18.1 Å². The summed E-state index contributed by atoms with van der Waals surface area (Å²) in [7, 11) is -4.00. The first-order valence-electron chi connectivity index (χ1n) is 5.48. The molecule has 1 aromatic carbocycles. The van der Waals surface area contributed by atoms with E-state index in [1.807, 2.05) is 0 Å². The minimum atomic E-state index is -4.00. The van der Waals surface area contributed by atoms with Gasteiger partial charge in [0.25, 0.3) is 0 Å². The summed E-state index contributed by atoms with van der Waals surface area (Å²) in [5.41, 5.74) is 0. The van der Waals surface area contributed by atoms with Gasteiger partial charge in [-0.2, -0.15) is 0 Å². The van der Waals surface area contributed by atoms with Gasteiger partial charge in [0.2, 0.25) is 10.0 Å². The number of hydrogen-bond acceptors (Lipinski definition) is 3. The second-order valence-corrected chi connectivity index (χ2v) is 6.86. The lowest BCUT2D eigenvalue weighted by molar-refractivity contribution is 0.129. The molecule has 0 radical (unpaired) electrons. The third-order valence-electron chi connectivity index (χ3n) is 2.54. The Morgan fingerprint density at radius 1 is 1.37 bits per heavy atom. The Hall–Kier alpha value is -0.400. The van der Waals surface area contributed by atoms with E-state index in [0.29, 0.717) is 0 Å². The summed E-state index contributed by atoms with van der Waals surface area (Å²) in [5, 5.41) is 8.72. The number of benzene rings is 1. The Labute approximate surface area is 121 Å². The van der Waals surface area contributed by atoms with E-state index in [2.05, 4.69) is 4.72 Å². The van der Waals surface area contributed by atoms with Gasteiger partial charge in [-0.25, -0.2) is 17.5 Å². The van der Waals surface area contributed by atoms with E-state index in [1.54, 1.807) is 13.8 Å². The van der Waals surface area contributed by atoms with Crippen molar-refractivity contribution in [1.29, 1.82) is 0 Å². The summed E-state index contributed by atoms with van der Waals surface area (Å²) in [6.45, 7) is 3.31. The predicted octanol–water partition coefficient (Wildman–Crippen LogP) is 2.43. The highest BCUT2D eigenvalue weighted by Crippen LogP contribution is 2.29. The standard InChI is InChI=1S/C11H14Cl2FNO3S/c1-6(2)8(16)5-15-19(17,18)9-4-3-7(12)11(14)10(9)13/h3-4,6,8,15-16H,5H2,1-2H3. The zero-order valence-corrected chi connectivity index (χ0v) is 12.7. The first kappa shape index (κ1) is 16.7. The maximum atomic E-state index is 13.4. The van der Waals surface area contributed by atoms with Crippen molar-refractivity contribution in [1.82, 2.24) is 4.72 Å². The largest absolute Gasteiger partial charge is 0.391 e.